The van der Waals surface area contributed by atoms with Crippen molar-refractivity contribution in [2.45, 2.75) is 32.9 Å². The Kier molecular flexibility index (Phi) is 4.43. The summed E-state index contributed by atoms with van der Waals surface area (Å²) >= 11 is 0. The number of aromatic nitrogens is 1. The molecule has 1 aromatic heterocycles. The van der Waals surface area contributed by atoms with Crippen LogP contribution in [-0.2, 0) is 16.1 Å². The first-order valence-electron chi connectivity index (χ1n) is 5.27. The first-order chi connectivity index (χ1) is 7.47. The molecule has 16 heavy (non-hydrogen) atoms. The van der Waals surface area contributed by atoms with Crippen molar-refractivity contribution in [3.05, 3.63) is 30.1 Å². The minimum Gasteiger partial charge on any atom is -0.366 e. The van der Waals surface area contributed by atoms with Gasteiger partial charge in [-0.25, -0.2) is 0 Å². The molecule has 1 N–H and O–H groups in total. The number of amides is 1. The number of pyridine rings is 1. The summed E-state index contributed by atoms with van der Waals surface area (Å²) < 4.78 is 5.36. The average molecular weight is 222 g/mol. The van der Waals surface area contributed by atoms with Crippen molar-refractivity contribution >= 4 is 5.91 Å². The van der Waals surface area contributed by atoms with Crippen LogP contribution in [0.1, 0.15) is 26.3 Å². The number of hydrogen-bond donors (Lipinski definition) is 1. The van der Waals surface area contributed by atoms with Gasteiger partial charge >= 0.3 is 0 Å². The minimum atomic E-state index is -0.284. The summed E-state index contributed by atoms with van der Waals surface area (Å²) in [7, 11) is 0. The lowest BCUT2D eigenvalue weighted by atomic mass is 10.2. The van der Waals surface area contributed by atoms with E-state index in [0.29, 0.717) is 6.54 Å². The Morgan fingerprint density at radius 1 is 1.38 bits per heavy atom. The number of nitrogens with zero attached hydrogens (tertiary/aromatic N) is 1. The minimum absolute atomic E-state index is 0.0918. The lowest BCUT2D eigenvalue weighted by molar-refractivity contribution is -0.130. The van der Waals surface area contributed by atoms with Crippen LogP contribution in [0.3, 0.4) is 0 Å². The van der Waals surface area contributed by atoms with Crippen molar-refractivity contribution in [3.63, 3.8) is 0 Å². The molecule has 1 heterocycles. The summed E-state index contributed by atoms with van der Waals surface area (Å²) in [6, 6.07) is 3.73. The second-order valence-electron chi connectivity index (χ2n) is 4.53. The van der Waals surface area contributed by atoms with Crippen molar-refractivity contribution in [1.29, 1.82) is 0 Å². The summed E-state index contributed by atoms with van der Waals surface area (Å²) in [4.78, 5) is 15.3. The van der Waals surface area contributed by atoms with E-state index in [-0.39, 0.29) is 18.1 Å². The topological polar surface area (TPSA) is 51.2 Å². The van der Waals surface area contributed by atoms with Gasteiger partial charge in [0.2, 0.25) is 5.91 Å². The average Bonchev–Trinajstić information content (AvgIpc) is 2.24. The molecule has 0 aliphatic rings. The number of ether oxygens (including phenoxy) is 1. The summed E-state index contributed by atoms with van der Waals surface area (Å²) in [5.74, 6) is -0.105. The van der Waals surface area contributed by atoms with Gasteiger partial charge in [0.1, 0.15) is 6.61 Å². The van der Waals surface area contributed by atoms with E-state index in [9.17, 15) is 4.79 Å². The van der Waals surface area contributed by atoms with Crippen molar-refractivity contribution in [3.8, 4) is 0 Å². The van der Waals surface area contributed by atoms with Gasteiger partial charge in [-0.15, -0.1) is 0 Å². The van der Waals surface area contributed by atoms with Crippen molar-refractivity contribution in [2.24, 2.45) is 0 Å². The number of hydrogen-bond acceptors (Lipinski definition) is 3. The Hall–Kier alpha value is -1.42. The molecular weight excluding hydrogens is 204 g/mol. The van der Waals surface area contributed by atoms with Gasteiger partial charge in [-0.05, 0) is 38.5 Å². The fourth-order valence-corrected chi connectivity index (χ4v) is 1.03. The largest absolute Gasteiger partial charge is 0.366 e. The first kappa shape index (κ1) is 12.6. The maximum absolute atomic E-state index is 11.4. The monoisotopic (exact) mass is 222 g/mol. The molecule has 1 amide bonds. The molecule has 0 atom stereocenters. The number of nitrogens with one attached hydrogen (secondary N) is 1. The van der Waals surface area contributed by atoms with Crippen LogP contribution in [0.25, 0.3) is 0 Å². The fraction of sp³-hybridized carbons (Fsp3) is 0.500. The van der Waals surface area contributed by atoms with Crippen LogP contribution < -0.4 is 5.32 Å². The maximum Gasteiger partial charge on any atom is 0.246 e. The number of rotatable bonds is 4. The molecule has 0 aromatic carbocycles. The number of carbonyl (C=O) groups excluding carboxylic acids is 1. The molecule has 0 saturated heterocycles. The van der Waals surface area contributed by atoms with Crippen molar-refractivity contribution < 1.29 is 9.53 Å². The second kappa shape index (κ2) is 5.61. The lowest BCUT2D eigenvalue weighted by Gasteiger charge is -2.18. The van der Waals surface area contributed by atoms with E-state index in [2.05, 4.69) is 10.3 Å². The molecule has 1 aromatic rings. The van der Waals surface area contributed by atoms with Crippen LogP contribution >= 0.6 is 0 Å². The molecule has 0 saturated carbocycles. The third-order valence-electron chi connectivity index (χ3n) is 1.88. The molecular formula is C12H18N2O2. The van der Waals surface area contributed by atoms with Gasteiger partial charge in [0, 0.05) is 18.9 Å². The predicted molar refractivity (Wildman–Crippen MR) is 61.8 cm³/mol. The van der Waals surface area contributed by atoms with Crippen LogP contribution in [0.5, 0.6) is 0 Å². The van der Waals surface area contributed by atoms with Gasteiger partial charge in [-0.2, -0.15) is 0 Å². The quantitative estimate of drug-likeness (QED) is 0.840. The van der Waals surface area contributed by atoms with Gasteiger partial charge < -0.3 is 10.1 Å². The zero-order valence-corrected chi connectivity index (χ0v) is 9.99. The third-order valence-corrected chi connectivity index (χ3v) is 1.88. The van der Waals surface area contributed by atoms with Gasteiger partial charge in [0.25, 0.3) is 0 Å². The highest BCUT2D eigenvalue weighted by molar-refractivity contribution is 5.77. The fourth-order valence-electron chi connectivity index (χ4n) is 1.03. The van der Waals surface area contributed by atoms with Crippen LogP contribution in [0.4, 0.5) is 0 Å². The Bertz CT molecular complexity index is 331. The lowest BCUT2D eigenvalue weighted by Crippen LogP contribution is -2.31. The molecule has 0 fully saturated rings. The molecule has 0 aliphatic carbocycles. The Morgan fingerprint density at radius 3 is 2.56 bits per heavy atom. The summed E-state index contributed by atoms with van der Waals surface area (Å²) in [6.07, 6.45) is 3.40. The highest BCUT2D eigenvalue weighted by Gasteiger charge is 2.12. The van der Waals surface area contributed by atoms with Crippen molar-refractivity contribution in [2.75, 3.05) is 6.61 Å². The van der Waals surface area contributed by atoms with E-state index in [1.54, 1.807) is 12.4 Å². The Labute approximate surface area is 96.0 Å². The van der Waals surface area contributed by atoms with E-state index in [1.807, 2.05) is 32.9 Å². The van der Waals surface area contributed by atoms with Crippen LogP contribution in [0.15, 0.2) is 24.5 Å². The van der Waals surface area contributed by atoms with Gasteiger partial charge in [0.05, 0.1) is 5.60 Å². The Balaban J connectivity index is 2.26. The summed E-state index contributed by atoms with van der Waals surface area (Å²) in [5, 5.41) is 2.78. The smallest absolute Gasteiger partial charge is 0.246 e. The predicted octanol–water partition coefficient (Wildman–Crippen LogP) is 1.51. The van der Waals surface area contributed by atoms with E-state index in [4.69, 9.17) is 4.74 Å². The van der Waals surface area contributed by atoms with E-state index >= 15 is 0 Å². The Morgan fingerprint density at radius 2 is 2.00 bits per heavy atom. The molecule has 0 unspecified atom stereocenters. The second-order valence-corrected chi connectivity index (χ2v) is 4.53. The van der Waals surface area contributed by atoms with E-state index in [1.165, 1.54) is 0 Å². The molecule has 1 rings (SSSR count). The third kappa shape index (κ3) is 5.46. The van der Waals surface area contributed by atoms with Crippen LogP contribution in [0.2, 0.25) is 0 Å². The van der Waals surface area contributed by atoms with Crippen LogP contribution in [0, 0.1) is 0 Å². The first-order valence-corrected chi connectivity index (χ1v) is 5.27. The standard InChI is InChI=1S/C12H18N2O2/c1-12(2,3)16-9-11(15)14-8-10-4-6-13-7-5-10/h4-7H,8-9H2,1-3H3,(H,14,15). The molecule has 88 valence electrons. The summed E-state index contributed by atoms with van der Waals surface area (Å²) in [5.41, 5.74) is 0.743. The molecule has 0 spiro atoms. The highest BCUT2D eigenvalue weighted by Crippen LogP contribution is 2.05. The van der Waals surface area contributed by atoms with E-state index < -0.39 is 0 Å². The summed E-state index contributed by atoms with van der Waals surface area (Å²) in [6.45, 7) is 6.36. The molecule has 0 radical (unpaired) electrons. The van der Waals surface area contributed by atoms with Gasteiger partial charge in [-0.3, -0.25) is 9.78 Å². The van der Waals surface area contributed by atoms with Crippen molar-refractivity contribution in [1.82, 2.24) is 10.3 Å². The zero-order chi connectivity index (χ0) is 12.0. The molecule has 0 aliphatic heterocycles. The highest BCUT2D eigenvalue weighted by atomic mass is 16.5. The number of carbonyl (C=O) groups is 1. The van der Waals surface area contributed by atoms with Gasteiger partial charge in [-0.1, -0.05) is 0 Å². The SMILES string of the molecule is CC(C)(C)OCC(=O)NCc1ccncc1. The van der Waals surface area contributed by atoms with Crippen LogP contribution in [-0.4, -0.2) is 23.1 Å². The normalized spacial score (nSPS) is 11.2. The molecule has 0 bridgehead atoms. The van der Waals surface area contributed by atoms with Gasteiger partial charge in [0.15, 0.2) is 0 Å². The zero-order valence-electron chi connectivity index (χ0n) is 9.99. The maximum atomic E-state index is 11.4. The van der Waals surface area contributed by atoms with E-state index in [0.717, 1.165) is 5.56 Å². The molecule has 4 heteroatoms. The molecule has 4 nitrogen and oxygen atoms in total.